The molecule has 0 aromatic heterocycles. The number of alkyl halides is 1. The normalized spacial score (nSPS) is 13.7. The molecule has 0 aliphatic rings. The second kappa shape index (κ2) is 5.07. The van der Waals surface area contributed by atoms with Gasteiger partial charge in [-0.25, -0.2) is 0 Å². The number of nitrogens with one attached hydrogen (secondary N) is 1. The van der Waals surface area contributed by atoms with E-state index in [9.17, 15) is 4.79 Å². The van der Waals surface area contributed by atoms with Gasteiger partial charge in [-0.2, -0.15) is 0 Å². The van der Waals surface area contributed by atoms with Crippen molar-refractivity contribution in [2.24, 2.45) is 5.92 Å². The zero-order valence-electron chi connectivity index (χ0n) is 6.65. The Morgan fingerprint density at radius 3 is 2.20 bits per heavy atom. The number of carbonyl (C=O) groups is 1. The fraction of sp³-hybridized carbons (Fsp3) is 0.857. The Morgan fingerprint density at radius 1 is 1.60 bits per heavy atom. The Kier molecular flexibility index (Phi) is 5.25. The molecule has 0 unspecified atom stereocenters. The van der Waals surface area contributed by atoms with E-state index >= 15 is 0 Å². The van der Waals surface area contributed by atoms with Gasteiger partial charge in [-0.1, -0.05) is 36.4 Å². The zero-order chi connectivity index (χ0) is 8.15. The predicted molar refractivity (Wildman–Crippen MR) is 51.6 cm³/mol. The smallest absolute Gasteiger partial charge is 0.159 e. The highest BCUT2D eigenvalue weighted by Gasteiger charge is 2.17. The van der Waals surface area contributed by atoms with Crippen LogP contribution in [0.2, 0.25) is 0 Å². The zero-order valence-corrected chi connectivity index (χ0v) is 8.81. The lowest BCUT2D eigenvalue weighted by Crippen LogP contribution is -2.39. The van der Waals surface area contributed by atoms with Gasteiger partial charge in [0.05, 0.1) is 10.5 Å². The third-order valence-corrected chi connectivity index (χ3v) is 2.21. The molecule has 0 heterocycles. The molecular weight excluding hydrogens is 241 g/mol. The van der Waals surface area contributed by atoms with Crippen LogP contribution >= 0.6 is 22.6 Å². The lowest BCUT2D eigenvalue weighted by atomic mass is 10.0. The fourth-order valence-corrected chi connectivity index (χ4v) is 1.42. The van der Waals surface area contributed by atoms with E-state index < -0.39 is 0 Å². The number of carbonyl (C=O) groups excluding carboxylic acids is 1. The van der Waals surface area contributed by atoms with Gasteiger partial charge in [0, 0.05) is 0 Å². The number of rotatable bonds is 4. The molecule has 0 rings (SSSR count). The van der Waals surface area contributed by atoms with Crippen LogP contribution in [0.3, 0.4) is 0 Å². The Balaban J connectivity index is 3.93. The SMILES string of the molecule is CN[C@H](C(=O)CI)C(C)C. The molecule has 0 saturated carbocycles. The summed E-state index contributed by atoms with van der Waals surface area (Å²) in [6, 6.07) is 0.0388. The average Bonchev–Trinajstić information content (AvgIpc) is 1.88. The minimum atomic E-state index is 0.0388. The van der Waals surface area contributed by atoms with Gasteiger partial charge in [0.15, 0.2) is 5.78 Å². The average molecular weight is 255 g/mol. The van der Waals surface area contributed by atoms with Crippen LogP contribution in [0.5, 0.6) is 0 Å². The van der Waals surface area contributed by atoms with E-state index in [0.717, 1.165) is 0 Å². The summed E-state index contributed by atoms with van der Waals surface area (Å²) in [6.07, 6.45) is 0. The minimum absolute atomic E-state index is 0.0388. The van der Waals surface area contributed by atoms with Crippen molar-refractivity contribution in [1.29, 1.82) is 0 Å². The number of hydrogen-bond donors (Lipinski definition) is 1. The van der Waals surface area contributed by atoms with Crippen molar-refractivity contribution in [3.8, 4) is 0 Å². The van der Waals surface area contributed by atoms with Gasteiger partial charge in [0.1, 0.15) is 0 Å². The summed E-state index contributed by atoms with van der Waals surface area (Å²) in [5.41, 5.74) is 0. The van der Waals surface area contributed by atoms with Gasteiger partial charge in [0.2, 0.25) is 0 Å². The van der Waals surface area contributed by atoms with Crippen LogP contribution in [0.1, 0.15) is 13.8 Å². The Labute approximate surface area is 75.9 Å². The highest BCUT2D eigenvalue weighted by molar-refractivity contribution is 14.1. The van der Waals surface area contributed by atoms with Crippen molar-refractivity contribution >= 4 is 28.4 Å². The van der Waals surface area contributed by atoms with Gasteiger partial charge >= 0.3 is 0 Å². The summed E-state index contributed by atoms with van der Waals surface area (Å²) in [6.45, 7) is 4.09. The standard InChI is InChI=1S/C7H14INO/c1-5(2)7(9-3)6(10)4-8/h5,7,9H,4H2,1-3H3/t7-/m0/s1. The first-order valence-electron chi connectivity index (χ1n) is 3.39. The van der Waals surface area contributed by atoms with Gasteiger partial charge in [0.25, 0.3) is 0 Å². The van der Waals surface area contributed by atoms with Crippen molar-refractivity contribution in [3.05, 3.63) is 0 Å². The van der Waals surface area contributed by atoms with Gasteiger partial charge in [-0.05, 0) is 13.0 Å². The minimum Gasteiger partial charge on any atom is -0.310 e. The summed E-state index contributed by atoms with van der Waals surface area (Å²) in [7, 11) is 1.83. The monoisotopic (exact) mass is 255 g/mol. The Hall–Kier alpha value is 0.360. The van der Waals surface area contributed by atoms with Crippen molar-refractivity contribution < 1.29 is 4.79 Å². The maximum absolute atomic E-state index is 11.1. The molecule has 3 heteroatoms. The number of Topliss-reactive ketones (excluding diaryl/α,β-unsaturated/α-hetero) is 1. The first-order chi connectivity index (χ1) is 4.63. The number of ketones is 1. The third-order valence-electron chi connectivity index (χ3n) is 1.46. The van der Waals surface area contributed by atoms with Crippen LogP contribution in [0.15, 0.2) is 0 Å². The quantitative estimate of drug-likeness (QED) is 0.604. The number of halogens is 1. The van der Waals surface area contributed by atoms with E-state index in [1.54, 1.807) is 0 Å². The summed E-state index contributed by atoms with van der Waals surface area (Å²) in [5, 5.41) is 3.00. The first-order valence-corrected chi connectivity index (χ1v) is 4.92. The van der Waals surface area contributed by atoms with E-state index in [0.29, 0.717) is 10.3 Å². The van der Waals surface area contributed by atoms with Crippen molar-refractivity contribution in [1.82, 2.24) is 5.32 Å². The van der Waals surface area contributed by atoms with Gasteiger partial charge in [-0.15, -0.1) is 0 Å². The van der Waals surface area contributed by atoms with E-state index in [4.69, 9.17) is 0 Å². The highest BCUT2D eigenvalue weighted by Crippen LogP contribution is 2.03. The highest BCUT2D eigenvalue weighted by atomic mass is 127. The van der Waals surface area contributed by atoms with E-state index in [1.807, 2.05) is 20.9 Å². The summed E-state index contributed by atoms with van der Waals surface area (Å²) in [5.74, 6) is 0.686. The van der Waals surface area contributed by atoms with Crippen LogP contribution in [0.25, 0.3) is 0 Å². The van der Waals surface area contributed by atoms with Crippen LogP contribution < -0.4 is 5.32 Å². The molecule has 0 aromatic rings. The molecule has 0 spiro atoms. The molecule has 2 nitrogen and oxygen atoms in total. The molecule has 0 aliphatic heterocycles. The number of hydrogen-bond acceptors (Lipinski definition) is 2. The van der Waals surface area contributed by atoms with E-state index in [-0.39, 0.29) is 11.8 Å². The first kappa shape index (κ1) is 10.4. The number of likely N-dealkylation sites (N-methyl/N-ethyl adjacent to an activating group) is 1. The molecule has 0 aromatic carbocycles. The topological polar surface area (TPSA) is 29.1 Å². The lowest BCUT2D eigenvalue weighted by molar-refractivity contribution is -0.119. The van der Waals surface area contributed by atoms with Crippen molar-refractivity contribution in [2.45, 2.75) is 19.9 Å². The molecule has 0 fully saturated rings. The molecule has 1 N–H and O–H groups in total. The lowest BCUT2D eigenvalue weighted by Gasteiger charge is -2.16. The van der Waals surface area contributed by atoms with E-state index in [2.05, 4.69) is 27.9 Å². The second-order valence-electron chi connectivity index (χ2n) is 2.61. The molecule has 0 radical (unpaired) electrons. The maximum atomic E-state index is 11.1. The molecule has 1 atom stereocenters. The van der Waals surface area contributed by atoms with Crippen LogP contribution in [0.4, 0.5) is 0 Å². The van der Waals surface area contributed by atoms with Crippen molar-refractivity contribution in [3.63, 3.8) is 0 Å². The molecular formula is C7H14INO. The van der Waals surface area contributed by atoms with Crippen molar-refractivity contribution in [2.75, 3.05) is 11.5 Å². The maximum Gasteiger partial charge on any atom is 0.159 e. The Morgan fingerprint density at radius 2 is 2.10 bits per heavy atom. The molecule has 0 aliphatic carbocycles. The van der Waals surface area contributed by atoms with Crippen LogP contribution in [-0.2, 0) is 4.79 Å². The third kappa shape index (κ3) is 2.96. The molecule has 0 bridgehead atoms. The molecule has 60 valence electrons. The van der Waals surface area contributed by atoms with E-state index in [1.165, 1.54) is 0 Å². The largest absolute Gasteiger partial charge is 0.310 e. The summed E-state index contributed by atoms with van der Waals surface area (Å²) < 4.78 is 0.599. The molecule has 10 heavy (non-hydrogen) atoms. The Bertz CT molecular complexity index is 114. The van der Waals surface area contributed by atoms with Crippen LogP contribution in [-0.4, -0.2) is 23.3 Å². The summed E-state index contributed by atoms with van der Waals surface area (Å²) >= 11 is 2.10. The molecule has 0 saturated heterocycles. The van der Waals surface area contributed by atoms with Gasteiger partial charge in [-0.3, -0.25) is 4.79 Å². The summed E-state index contributed by atoms with van der Waals surface area (Å²) in [4.78, 5) is 11.1. The predicted octanol–water partition coefficient (Wildman–Crippen LogP) is 1.23. The molecule has 0 amide bonds. The van der Waals surface area contributed by atoms with Gasteiger partial charge < -0.3 is 5.32 Å². The second-order valence-corrected chi connectivity index (χ2v) is 3.37. The van der Waals surface area contributed by atoms with Crippen LogP contribution in [0, 0.1) is 5.92 Å². The fourth-order valence-electron chi connectivity index (χ4n) is 0.949.